The van der Waals surface area contributed by atoms with Crippen molar-refractivity contribution in [2.45, 2.75) is 37.8 Å². The zero-order valence-electron chi connectivity index (χ0n) is 18.9. The maximum atomic E-state index is 12.9. The highest BCUT2D eigenvalue weighted by Gasteiger charge is 2.35. The molecule has 2 aliphatic carbocycles. The van der Waals surface area contributed by atoms with E-state index in [9.17, 15) is 14.4 Å². The zero-order chi connectivity index (χ0) is 24.4. The summed E-state index contributed by atoms with van der Waals surface area (Å²) < 4.78 is 10.7. The highest BCUT2D eigenvalue weighted by Crippen LogP contribution is 2.44. The first-order valence-corrected chi connectivity index (χ1v) is 11.6. The Labute approximate surface area is 201 Å². The number of carboxylic acid groups (broad SMARTS) is 1. The van der Waals surface area contributed by atoms with Gasteiger partial charge < -0.3 is 24.9 Å². The van der Waals surface area contributed by atoms with Crippen LogP contribution < -0.4 is 10.6 Å². The van der Waals surface area contributed by atoms with Gasteiger partial charge >= 0.3 is 12.1 Å². The number of carbonyl (C=O) groups is 3. The van der Waals surface area contributed by atoms with Crippen LogP contribution in [-0.2, 0) is 16.1 Å². The molecule has 180 valence electrons. The number of rotatable bonds is 8. The SMILES string of the molecule is O=C(NC(C(=O)NCc1ocnc1C(=O)O)C1CCC1)OCC1c2ccccc2-c2ccccc21. The number of hydrogen-bond donors (Lipinski definition) is 3. The van der Waals surface area contributed by atoms with Gasteiger partial charge in [-0.2, -0.15) is 0 Å². The van der Waals surface area contributed by atoms with Gasteiger partial charge in [0.2, 0.25) is 5.91 Å². The van der Waals surface area contributed by atoms with E-state index in [1.54, 1.807) is 0 Å². The van der Waals surface area contributed by atoms with Crippen molar-refractivity contribution in [3.05, 3.63) is 77.5 Å². The minimum absolute atomic E-state index is 0.0100. The predicted octanol–water partition coefficient (Wildman–Crippen LogP) is 3.70. The molecule has 1 heterocycles. The summed E-state index contributed by atoms with van der Waals surface area (Å²) in [5.74, 6) is -1.71. The van der Waals surface area contributed by atoms with Crippen LogP contribution in [0.2, 0.25) is 0 Å². The molecule has 3 aromatic rings. The van der Waals surface area contributed by atoms with Gasteiger partial charge in [0, 0.05) is 5.92 Å². The van der Waals surface area contributed by atoms with Crippen molar-refractivity contribution in [3.63, 3.8) is 0 Å². The highest BCUT2D eigenvalue weighted by atomic mass is 16.5. The Hall–Kier alpha value is -4.14. The molecule has 1 atom stereocenters. The molecule has 1 saturated carbocycles. The standard InChI is InChI=1S/C26H25N3O6/c30-24(27-12-21-23(25(31)32)28-14-35-21)22(15-6-5-7-15)29-26(33)34-13-20-18-10-3-1-8-16(18)17-9-2-4-11-19(17)20/h1-4,8-11,14-15,20,22H,5-7,12-13H2,(H,27,30)(H,29,33)(H,31,32). The number of fused-ring (bicyclic) bond motifs is 3. The minimum atomic E-state index is -1.24. The average molecular weight is 476 g/mol. The summed E-state index contributed by atoms with van der Waals surface area (Å²) in [4.78, 5) is 40.5. The van der Waals surface area contributed by atoms with Crippen LogP contribution in [0, 0.1) is 5.92 Å². The smallest absolute Gasteiger partial charge is 0.407 e. The molecule has 0 aliphatic heterocycles. The van der Waals surface area contributed by atoms with Crippen molar-refractivity contribution < 1.29 is 28.6 Å². The van der Waals surface area contributed by atoms with E-state index >= 15 is 0 Å². The van der Waals surface area contributed by atoms with Crippen LogP contribution in [0.5, 0.6) is 0 Å². The fraction of sp³-hybridized carbons (Fsp3) is 0.308. The van der Waals surface area contributed by atoms with Gasteiger partial charge in [-0.3, -0.25) is 4.79 Å². The second kappa shape index (κ2) is 9.61. The van der Waals surface area contributed by atoms with Gasteiger partial charge in [-0.1, -0.05) is 55.0 Å². The molecule has 3 N–H and O–H groups in total. The minimum Gasteiger partial charge on any atom is -0.476 e. The number of carbonyl (C=O) groups excluding carboxylic acids is 2. The van der Waals surface area contributed by atoms with Crippen LogP contribution in [0.25, 0.3) is 11.1 Å². The summed E-state index contributed by atoms with van der Waals surface area (Å²) in [6, 6.07) is 15.4. The molecule has 2 aliphatic rings. The van der Waals surface area contributed by atoms with E-state index < -0.39 is 24.0 Å². The second-order valence-corrected chi connectivity index (χ2v) is 8.79. The van der Waals surface area contributed by atoms with Crippen molar-refractivity contribution in [1.82, 2.24) is 15.6 Å². The van der Waals surface area contributed by atoms with E-state index in [1.807, 2.05) is 36.4 Å². The molecular weight excluding hydrogens is 450 g/mol. The van der Waals surface area contributed by atoms with Gasteiger partial charge in [0.05, 0.1) is 6.54 Å². The molecule has 0 spiro atoms. The van der Waals surface area contributed by atoms with Crippen LogP contribution >= 0.6 is 0 Å². The Bertz CT molecular complexity index is 1220. The van der Waals surface area contributed by atoms with E-state index in [2.05, 4.69) is 27.8 Å². The van der Waals surface area contributed by atoms with Crippen LogP contribution in [0.15, 0.2) is 59.3 Å². The number of aromatic carboxylic acids is 1. The third-order valence-corrected chi connectivity index (χ3v) is 6.79. The van der Waals surface area contributed by atoms with Crippen molar-refractivity contribution in [3.8, 4) is 11.1 Å². The number of ether oxygens (including phenoxy) is 1. The first-order valence-electron chi connectivity index (χ1n) is 11.6. The van der Waals surface area contributed by atoms with Gasteiger partial charge in [0.1, 0.15) is 12.6 Å². The third-order valence-electron chi connectivity index (χ3n) is 6.79. The lowest BCUT2D eigenvalue weighted by Crippen LogP contribution is -2.52. The number of nitrogens with one attached hydrogen (secondary N) is 2. The lowest BCUT2D eigenvalue weighted by Gasteiger charge is -2.33. The molecule has 1 aromatic heterocycles. The molecule has 1 unspecified atom stereocenters. The first-order chi connectivity index (χ1) is 17.0. The van der Waals surface area contributed by atoms with E-state index in [0.29, 0.717) is 0 Å². The van der Waals surface area contributed by atoms with Crippen molar-refractivity contribution in [2.75, 3.05) is 6.61 Å². The Balaban J connectivity index is 1.22. The van der Waals surface area contributed by atoms with E-state index in [4.69, 9.17) is 14.3 Å². The number of alkyl carbamates (subject to hydrolysis) is 1. The molecule has 0 bridgehead atoms. The summed E-state index contributed by atoms with van der Waals surface area (Å²) in [6.07, 6.45) is 2.95. The van der Waals surface area contributed by atoms with Crippen molar-refractivity contribution in [1.29, 1.82) is 0 Å². The fourth-order valence-corrected chi connectivity index (χ4v) is 4.79. The molecule has 5 rings (SSSR count). The van der Waals surface area contributed by atoms with E-state index in [0.717, 1.165) is 47.9 Å². The molecule has 1 fully saturated rings. The molecule has 35 heavy (non-hydrogen) atoms. The number of benzene rings is 2. The maximum Gasteiger partial charge on any atom is 0.407 e. The molecule has 9 heteroatoms. The van der Waals surface area contributed by atoms with Crippen LogP contribution in [0.1, 0.15) is 52.6 Å². The lowest BCUT2D eigenvalue weighted by molar-refractivity contribution is -0.125. The Morgan fingerprint density at radius 2 is 1.71 bits per heavy atom. The lowest BCUT2D eigenvalue weighted by atomic mass is 9.79. The van der Waals surface area contributed by atoms with E-state index in [-0.39, 0.29) is 36.4 Å². The Morgan fingerprint density at radius 3 is 2.31 bits per heavy atom. The number of amides is 2. The number of carboxylic acids is 1. The molecule has 0 radical (unpaired) electrons. The fourth-order valence-electron chi connectivity index (χ4n) is 4.79. The molecule has 9 nitrogen and oxygen atoms in total. The normalized spacial score (nSPS) is 15.4. The van der Waals surface area contributed by atoms with Crippen molar-refractivity contribution >= 4 is 18.0 Å². The summed E-state index contributed by atoms with van der Waals surface area (Å²) in [5, 5.41) is 14.5. The monoisotopic (exact) mass is 475 g/mol. The summed E-state index contributed by atoms with van der Waals surface area (Å²) in [7, 11) is 0. The number of oxazole rings is 1. The summed E-state index contributed by atoms with van der Waals surface area (Å²) in [6.45, 7) is 0.00889. The number of nitrogens with zero attached hydrogens (tertiary/aromatic N) is 1. The topological polar surface area (TPSA) is 131 Å². The zero-order valence-corrected chi connectivity index (χ0v) is 18.9. The second-order valence-electron chi connectivity index (χ2n) is 8.79. The molecule has 2 amide bonds. The van der Waals surface area contributed by atoms with Gasteiger partial charge in [-0.05, 0) is 41.0 Å². The molecular formula is C26H25N3O6. The van der Waals surface area contributed by atoms with Crippen LogP contribution in [-0.4, -0.2) is 40.7 Å². The van der Waals surface area contributed by atoms with Gasteiger partial charge in [-0.15, -0.1) is 0 Å². The van der Waals surface area contributed by atoms with Gasteiger partial charge in [-0.25, -0.2) is 14.6 Å². The quantitative estimate of drug-likeness (QED) is 0.453. The highest BCUT2D eigenvalue weighted by molar-refractivity contribution is 5.88. The molecule has 0 saturated heterocycles. The Morgan fingerprint density at radius 1 is 1.06 bits per heavy atom. The third kappa shape index (κ3) is 4.49. The maximum absolute atomic E-state index is 12.9. The van der Waals surface area contributed by atoms with E-state index in [1.165, 1.54) is 0 Å². The molecule has 2 aromatic carbocycles. The number of aromatic nitrogens is 1. The van der Waals surface area contributed by atoms with Gasteiger partial charge in [0.25, 0.3) is 0 Å². The average Bonchev–Trinajstić information content (AvgIpc) is 3.42. The van der Waals surface area contributed by atoms with Crippen LogP contribution in [0.3, 0.4) is 0 Å². The van der Waals surface area contributed by atoms with Crippen molar-refractivity contribution in [2.24, 2.45) is 5.92 Å². The summed E-state index contributed by atoms with van der Waals surface area (Å²) >= 11 is 0. The largest absolute Gasteiger partial charge is 0.476 e. The first kappa shape index (κ1) is 22.6. The number of hydrogen-bond acceptors (Lipinski definition) is 6. The van der Waals surface area contributed by atoms with Gasteiger partial charge in [0.15, 0.2) is 17.8 Å². The Kier molecular flexibility index (Phi) is 6.22. The van der Waals surface area contributed by atoms with Crippen LogP contribution in [0.4, 0.5) is 4.79 Å². The summed E-state index contributed by atoms with van der Waals surface area (Å²) in [5.41, 5.74) is 4.23. The predicted molar refractivity (Wildman–Crippen MR) is 125 cm³/mol.